The molecule has 3 rings (SSSR count). The van der Waals surface area contributed by atoms with Crippen molar-refractivity contribution in [3.8, 4) is 0 Å². The maximum atomic E-state index is 13.2. The predicted octanol–water partition coefficient (Wildman–Crippen LogP) is 2.99. The Hall–Kier alpha value is -2.38. The second-order valence-corrected chi connectivity index (χ2v) is 9.50. The molecular weight excluding hydrogens is 382 g/mol. The van der Waals surface area contributed by atoms with Crippen LogP contribution in [0.1, 0.15) is 59.8 Å². The average molecular weight is 418 g/mol. The fraction of sp³-hybridized carbons (Fsp3) is 0.727. The first-order chi connectivity index (χ1) is 14.2. The average Bonchev–Trinajstić information content (AvgIpc) is 3.10. The highest BCUT2D eigenvalue weighted by Gasteiger charge is 2.46. The van der Waals surface area contributed by atoms with Gasteiger partial charge in [-0.05, 0) is 58.9 Å². The van der Waals surface area contributed by atoms with E-state index in [0.717, 1.165) is 19.3 Å². The molecule has 8 heteroatoms. The maximum Gasteiger partial charge on any atom is 0.410 e. The monoisotopic (exact) mass is 417 g/mol. The van der Waals surface area contributed by atoms with Crippen LogP contribution >= 0.6 is 0 Å². The van der Waals surface area contributed by atoms with E-state index in [1.54, 1.807) is 25.5 Å². The van der Waals surface area contributed by atoms with Crippen molar-refractivity contribution in [1.82, 2.24) is 20.2 Å². The van der Waals surface area contributed by atoms with Crippen LogP contribution in [0.4, 0.5) is 10.7 Å². The number of carbonyl (C=O) groups excluding carboxylic acids is 2. The Morgan fingerprint density at radius 3 is 2.60 bits per heavy atom. The molecule has 1 aliphatic heterocycles. The molecule has 1 aliphatic carbocycles. The fourth-order valence-corrected chi connectivity index (χ4v) is 4.42. The summed E-state index contributed by atoms with van der Waals surface area (Å²) in [5.74, 6) is 1.10. The number of amides is 2. The SMILES string of the molecule is CC(CNC(=O)C1CC2CCCCC2N1c1ncccn1)N(C)C(=O)OC(C)(C)C. The molecule has 1 saturated carbocycles. The van der Waals surface area contributed by atoms with Crippen LogP contribution in [0.2, 0.25) is 0 Å². The van der Waals surface area contributed by atoms with Gasteiger partial charge in [-0.3, -0.25) is 4.79 Å². The summed E-state index contributed by atoms with van der Waals surface area (Å²) in [7, 11) is 1.69. The van der Waals surface area contributed by atoms with Gasteiger partial charge in [-0.15, -0.1) is 0 Å². The van der Waals surface area contributed by atoms with Gasteiger partial charge in [0, 0.05) is 38.1 Å². The van der Waals surface area contributed by atoms with E-state index in [1.165, 1.54) is 17.7 Å². The van der Waals surface area contributed by atoms with Gasteiger partial charge in [0.25, 0.3) is 0 Å². The Morgan fingerprint density at radius 1 is 1.27 bits per heavy atom. The molecule has 2 aliphatic rings. The van der Waals surface area contributed by atoms with Gasteiger partial charge in [0.1, 0.15) is 11.6 Å². The molecule has 1 N–H and O–H groups in total. The number of anilines is 1. The topological polar surface area (TPSA) is 87.7 Å². The van der Waals surface area contributed by atoms with Crippen LogP contribution in [-0.2, 0) is 9.53 Å². The molecule has 2 heterocycles. The number of nitrogens with one attached hydrogen (secondary N) is 1. The number of ether oxygens (including phenoxy) is 1. The van der Waals surface area contributed by atoms with E-state index >= 15 is 0 Å². The molecule has 1 aromatic heterocycles. The molecule has 4 atom stereocenters. The van der Waals surface area contributed by atoms with E-state index in [2.05, 4.69) is 20.2 Å². The van der Waals surface area contributed by atoms with Gasteiger partial charge in [-0.25, -0.2) is 14.8 Å². The zero-order chi connectivity index (χ0) is 21.9. The van der Waals surface area contributed by atoms with Crippen molar-refractivity contribution in [3.63, 3.8) is 0 Å². The molecule has 0 bridgehead atoms. The molecule has 2 amide bonds. The van der Waals surface area contributed by atoms with E-state index in [1.807, 2.05) is 27.7 Å². The Bertz CT molecular complexity index is 736. The van der Waals surface area contributed by atoms with Gasteiger partial charge in [-0.2, -0.15) is 0 Å². The lowest BCUT2D eigenvalue weighted by Crippen LogP contribution is -2.51. The van der Waals surface area contributed by atoms with Gasteiger partial charge in [0.2, 0.25) is 11.9 Å². The van der Waals surface area contributed by atoms with Gasteiger partial charge < -0.3 is 19.9 Å². The lowest BCUT2D eigenvalue weighted by molar-refractivity contribution is -0.122. The third kappa shape index (κ3) is 5.21. The zero-order valence-electron chi connectivity index (χ0n) is 18.8. The number of aromatic nitrogens is 2. The quantitative estimate of drug-likeness (QED) is 0.792. The summed E-state index contributed by atoms with van der Waals surface area (Å²) in [5.41, 5.74) is -0.551. The molecular formula is C22H35N5O3. The first kappa shape index (κ1) is 22.3. The molecule has 2 fully saturated rings. The number of likely N-dealkylation sites (N-methyl/N-ethyl adjacent to an activating group) is 1. The number of fused-ring (bicyclic) bond motifs is 1. The Balaban J connectivity index is 1.64. The van der Waals surface area contributed by atoms with E-state index in [0.29, 0.717) is 24.5 Å². The second kappa shape index (κ2) is 9.18. The normalized spacial score (nSPS) is 24.7. The minimum atomic E-state index is -0.551. The van der Waals surface area contributed by atoms with Crippen LogP contribution in [0, 0.1) is 5.92 Å². The number of carbonyl (C=O) groups is 2. The van der Waals surface area contributed by atoms with Crippen LogP contribution in [0.15, 0.2) is 18.5 Å². The fourth-order valence-electron chi connectivity index (χ4n) is 4.42. The minimum Gasteiger partial charge on any atom is -0.444 e. The van der Waals surface area contributed by atoms with Crippen molar-refractivity contribution in [2.24, 2.45) is 5.92 Å². The second-order valence-electron chi connectivity index (χ2n) is 9.50. The summed E-state index contributed by atoms with van der Waals surface area (Å²) in [5, 5.41) is 3.05. The highest BCUT2D eigenvalue weighted by atomic mass is 16.6. The molecule has 30 heavy (non-hydrogen) atoms. The summed E-state index contributed by atoms with van der Waals surface area (Å²) in [6.07, 6.45) is 8.50. The van der Waals surface area contributed by atoms with Crippen LogP contribution < -0.4 is 10.2 Å². The molecule has 1 saturated heterocycles. The first-order valence-corrected chi connectivity index (χ1v) is 11.0. The molecule has 0 aromatic carbocycles. The molecule has 4 unspecified atom stereocenters. The van der Waals surface area contributed by atoms with Crippen LogP contribution in [-0.4, -0.2) is 64.2 Å². The lowest BCUT2D eigenvalue weighted by Gasteiger charge is -2.33. The smallest absolute Gasteiger partial charge is 0.410 e. The highest BCUT2D eigenvalue weighted by molar-refractivity contribution is 5.85. The molecule has 0 spiro atoms. The number of rotatable bonds is 5. The molecule has 0 radical (unpaired) electrons. The standard InChI is InChI=1S/C22H35N5O3/c1-15(26(5)21(29)30-22(2,3)4)14-25-19(28)18-13-16-9-6-7-10-17(16)27(18)20-23-11-8-12-24-20/h8,11-12,15-18H,6-7,9-10,13-14H2,1-5H3,(H,25,28). The molecule has 8 nitrogen and oxygen atoms in total. The van der Waals surface area contributed by atoms with Crippen molar-refractivity contribution >= 4 is 17.9 Å². The van der Waals surface area contributed by atoms with E-state index in [9.17, 15) is 9.59 Å². The lowest BCUT2D eigenvalue weighted by atomic mass is 9.85. The summed E-state index contributed by atoms with van der Waals surface area (Å²) in [6.45, 7) is 7.78. The maximum absolute atomic E-state index is 13.2. The summed E-state index contributed by atoms with van der Waals surface area (Å²) in [6, 6.07) is 1.65. The summed E-state index contributed by atoms with van der Waals surface area (Å²) in [4.78, 5) is 37.9. The van der Waals surface area contributed by atoms with E-state index in [4.69, 9.17) is 4.74 Å². The van der Waals surface area contributed by atoms with Crippen LogP contribution in [0.3, 0.4) is 0 Å². The van der Waals surface area contributed by atoms with Gasteiger partial charge >= 0.3 is 6.09 Å². The predicted molar refractivity (Wildman–Crippen MR) is 115 cm³/mol. The summed E-state index contributed by atoms with van der Waals surface area (Å²) < 4.78 is 5.42. The van der Waals surface area contributed by atoms with Crippen LogP contribution in [0.25, 0.3) is 0 Å². The third-order valence-corrected chi connectivity index (χ3v) is 6.09. The van der Waals surface area contributed by atoms with Crippen molar-refractivity contribution in [2.45, 2.75) is 83.5 Å². The van der Waals surface area contributed by atoms with Crippen LogP contribution in [0.5, 0.6) is 0 Å². The Morgan fingerprint density at radius 2 is 1.93 bits per heavy atom. The van der Waals surface area contributed by atoms with E-state index < -0.39 is 11.7 Å². The van der Waals surface area contributed by atoms with E-state index in [-0.39, 0.29) is 18.0 Å². The first-order valence-electron chi connectivity index (χ1n) is 11.0. The van der Waals surface area contributed by atoms with Gasteiger partial charge in [0.05, 0.1) is 0 Å². The van der Waals surface area contributed by atoms with Crippen molar-refractivity contribution in [3.05, 3.63) is 18.5 Å². The molecule has 166 valence electrons. The van der Waals surface area contributed by atoms with Gasteiger partial charge in [-0.1, -0.05) is 12.8 Å². The van der Waals surface area contributed by atoms with Crippen molar-refractivity contribution in [2.75, 3.05) is 18.5 Å². The Kier molecular flexibility index (Phi) is 6.83. The zero-order valence-corrected chi connectivity index (χ0v) is 18.8. The molecule has 1 aromatic rings. The third-order valence-electron chi connectivity index (χ3n) is 6.09. The Labute approximate surface area is 179 Å². The van der Waals surface area contributed by atoms with Crippen molar-refractivity contribution in [1.29, 1.82) is 0 Å². The summed E-state index contributed by atoms with van der Waals surface area (Å²) >= 11 is 0. The number of nitrogens with zero attached hydrogens (tertiary/aromatic N) is 4. The largest absolute Gasteiger partial charge is 0.444 e. The van der Waals surface area contributed by atoms with Gasteiger partial charge in [0.15, 0.2) is 0 Å². The minimum absolute atomic E-state index is 0.0266. The van der Waals surface area contributed by atoms with Crippen molar-refractivity contribution < 1.29 is 14.3 Å². The number of hydrogen-bond donors (Lipinski definition) is 1. The highest BCUT2D eigenvalue weighted by Crippen LogP contribution is 2.41. The number of hydrogen-bond acceptors (Lipinski definition) is 6.